The van der Waals surface area contributed by atoms with Crippen molar-refractivity contribution >= 4 is 12.4 Å². The Hall–Kier alpha value is -1.14. The molecule has 0 spiro atoms. The van der Waals surface area contributed by atoms with Crippen molar-refractivity contribution in [3.05, 3.63) is 0 Å². The molecule has 0 bridgehead atoms. The van der Waals surface area contributed by atoms with E-state index >= 15 is 0 Å². The standard InChI is InChI=1S/C9H17NO5/c1-14-9(13)8(10-7-12)3-6-15-5-2-4-11/h7-8,11H,2-6H2,1H3,(H,10,12). The van der Waals surface area contributed by atoms with Crippen LogP contribution in [0, 0.1) is 0 Å². The first kappa shape index (κ1) is 13.9. The van der Waals surface area contributed by atoms with Gasteiger partial charge in [-0.1, -0.05) is 0 Å². The average Bonchev–Trinajstić information content (AvgIpc) is 2.26. The van der Waals surface area contributed by atoms with Crippen molar-refractivity contribution in [2.24, 2.45) is 0 Å². The Morgan fingerprint density at radius 2 is 2.27 bits per heavy atom. The molecule has 0 aromatic heterocycles. The van der Waals surface area contributed by atoms with E-state index in [0.717, 1.165) is 0 Å². The van der Waals surface area contributed by atoms with Gasteiger partial charge in [0.05, 0.1) is 7.11 Å². The fourth-order valence-electron chi connectivity index (χ4n) is 0.963. The van der Waals surface area contributed by atoms with E-state index in [2.05, 4.69) is 10.1 Å². The van der Waals surface area contributed by atoms with Crippen LogP contribution in [0.25, 0.3) is 0 Å². The number of carbonyl (C=O) groups is 2. The van der Waals surface area contributed by atoms with Crippen LogP contribution in [0.2, 0.25) is 0 Å². The molecule has 1 unspecified atom stereocenters. The molecule has 0 aliphatic heterocycles. The normalized spacial score (nSPS) is 11.9. The summed E-state index contributed by atoms with van der Waals surface area (Å²) < 4.78 is 9.61. The van der Waals surface area contributed by atoms with Crippen LogP contribution < -0.4 is 5.32 Å². The van der Waals surface area contributed by atoms with Gasteiger partial charge in [0.25, 0.3) is 0 Å². The zero-order chi connectivity index (χ0) is 11.5. The molecule has 0 aliphatic rings. The summed E-state index contributed by atoms with van der Waals surface area (Å²) in [5.41, 5.74) is 0. The van der Waals surface area contributed by atoms with Crippen LogP contribution >= 0.6 is 0 Å². The molecule has 0 aliphatic carbocycles. The van der Waals surface area contributed by atoms with Gasteiger partial charge in [-0.2, -0.15) is 0 Å². The van der Waals surface area contributed by atoms with Crippen LogP contribution in [0.1, 0.15) is 12.8 Å². The number of carbonyl (C=O) groups excluding carboxylic acids is 2. The molecule has 0 heterocycles. The van der Waals surface area contributed by atoms with Crippen molar-refractivity contribution in [2.45, 2.75) is 18.9 Å². The van der Waals surface area contributed by atoms with E-state index in [1.165, 1.54) is 7.11 Å². The summed E-state index contributed by atoms with van der Waals surface area (Å²) in [6, 6.07) is -0.665. The SMILES string of the molecule is COC(=O)C(CCOCCCO)NC=O. The second-order valence-corrected chi connectivity index (χ2v) is 2.84. The summed E-state index contributed by atoms with van der Waals surface area (Å²) in [4.78, 5) is 21.3. The molecule has 0 aromatic carbocycles. The van der Waals surface area contributed by atoms with E-state index in [4.69, 9.17) is 9.84 Å². The van der Waals surface area contributed by atoms with E-state index in [9.17, 15) is 9.59 Å². The second-order valence-electron chi connectivity index (χ2n) is 2.84. The van der Waals surface area contributed by atoms with Crippen molar-refractivity contribution in [2.75, 3.05) is 26.9 Å². The lowest BCUT2D eigenvalue weighted by Crippen LogP contribution is -2.37. The van der Waals surface area contributed by atoms with Gasteiger partial charge in [0, 0.05) is 26.2 Å². The minimum Gasteiger partial charge on any atom is -0.467 e. The van der Waals surface area contributed by atoms with Crippen LogP contribution in [0.4, 0.5) is 0 Å². The van der Waals surface area contributed by atoms with Gasteiger partial charge < -0.3 is 19.9 Å². The number of hydrogen-bond donors (Lipinski definition) is 2. The molecule has 1 amide bonds. The van der Waals surface area contributed by atoms with Gasteiger partial charge in [0.1, 0.15) is 6.04 Å². The number of aliphatic hydroxyl groups excluding tert-OH is 1. The molecule has 1 atom stereocenters. The summed E-state index contributed by atoms with van der Waals surface area (Å²) in [5.74, 6) is -0.493. The number of hydrogen-bond acceptors (Lipinski definition) is 5. The Labute approximate surface area is 88.6 Å². The predicted octanol–water partition coefficient (Wildman–Crippen LogP) is -0.937. The van der Waals surface area contributed by atoms with E-state index in [-0.39, 0.29) is 6.61 Å². The number of rotatable bonds is 9. The van der Waals surface area contributed by atoms with Crippen LogP contribution in [0.15, 0.2) is 0 Å². The molecule has 0 fully saturated rings. The summed E-state index contributed by atoms with van der Waals surface area (Å²) in [7, 11) is 1.26. The fraction of sp³-hybridized carbons (Fsp3) is 0.778. The van der Waals surface area contributed by atoms with Crippen LogP contribution in [0.5, 0.6) is 0 Å². The van der Waals surface area contributed by atoms with Gasteiger partial charge in [0.15, 0.2) is 0 Å². The minimum absolute atomic E-state index is 0.0764. The lowest BCUT2D eigenvalue weighted by Gasteiger charge is -2.13. The lowest BCUT2D eigenvalue weighted by atomic mass is 10.2. The first-order valence-corrected chi connectivity index (χ1v) is 4.72. The first-order chi connectivity index (χ1) is 7.26. The van der Waals surface area contributed by atoms with Crippen LogP contribution in [-0.4, -0.2) is 50.5 Å². The van der Waals surface area contributed by atoms with Gasteiger partial charge in [0.2, 0.25) is 6.41 Å². The maximum absolute atomic E-state index is 11.1. The topological polar surface area (TPSA) is 84.9 Å². The third-order valence-corrected chi connectivity index (χ3v) is 1.75. The molecule has 88 valence electrons. The summed E-state index contributed by atoms with van der Waals surface area (Å²) in [6.45, 7) is 0.846. The molecule has 0 radical (unpaired) electrons. The third kappa shape index (κ3) is 6.87. The second kappa shape index (κ2) is 9.42. The Morgan fingerprint density at radius 3 is 2.80 bits per heavy atom. The van der Waals surface area contributed by atoms with Gasteiger partial charge >= 0.3 is 5.97 Å². The lowest BCUT2D eigenvalue weighted by molar-refractivity contribution is -0.144. The fourth-order valence-corrected chi connectivity index (χ4v) is 0.963. The third-order valence-electron chi connectivity index (χ3n) is 1.75. The van der Waals surface area contributed by atoms with Crippen molar-refractivity contribution < 1.29 is 24.2 Å². The maximum Gasteiger partial charge on any atom is 0.328 e. The minimum atomic E-state index is -0.665. The molecule has 0 rings (SSSR count). The summed E-state index contributed by atoms with van der Waals surface area (Å²) in [6.07, 6.45) is 1.37. The van der Waals surface area contributed by atoms with Crippen molar-refractivity contribution in [3.63, 3.8) is 0 Å². The number of esters is 1. The highest BCUT2D eigenvalue weighted by atomic mass is 16.5. The number of ether oxygens (including phenoxy) is 2. The highest BCUT2D eigenvalue weighted by Gasteiger charge is 2.17. The molecule has 0 saturated carbocycles. The van der Waals surface area contributed by atoms with Gasteiger partial charge in [-0.15, -0.1) is 0 Å². The van der Waals surface area contributed by atoms with Crippen molar-refractivity contribution in [3.8, 4) is 0 Å². The number of methoxy groups -OCH3 is 1. The largest absolute Gasteiger partial charge is 0.467 e. The number of amides is 1. The zero-order valence-corrected chi connectivity index (χ0v) is 8.77. The van der Waals surface area contributed by atoms with Gasteiger partial charge in [-0.05, 0) is 6.42 Å². The predicted molar refractivity (Wildman–Crippen MR) is 52.1 cm³/mol. The van der Waals surface area contributed by atoms with Crippen molar-refractivity contribution in [1.29, 1.82) is 0 Å². The van der Waals surface area contributed by atoms with E-state index in [1.54, 1.807) is 0 Å². The quantitative estimate of drug-likeness (QED) is 0.297. The van der Waals surface area contributed by atoms with Gasteiger partial charge in [-0.3, -0.25) is 4.79 Å². The zero-order valence-electron chi connectivity index (χ0n) is 8.77. The average molecular weight is 219 g/mol. The number of nitrogens with one attached hydrogen (secondary N) is 1. The molecule has 0 saturated heterocycles. The molecule has 6 nitrogen and oxygen atoms in total. The van der Waals surface area contributed by atoms with Crippen molar-refractivity contribution in [1.82, 2.24) is 5.32 Å². The molecule has 2 N–H and O–H groups in total. The van der Waals surface area contributed by atoms with E-state index in [1.807, 2.05) is 0 Å². The molecular weight excluding hydrogens is 202 g/mol. The Bertz CT molecular complexity index is 185. The number of aliphatic hydroxyl groups is 1. The first-order valence-electron chi connectivity index (χ1n) is 4.72. The Balaban J connectivity index is 3.66. The Morgan fingerprint density at radius 1 is 1.53 bits per heavy atom. The molecule has 0 aromatic rings. The maximum atomic E-state index is 11.1. The molecule has 6 heteroatoms. The summed E-state index contributed by atoms with van der Waals surface area (Å²) in [5, 5.41) is 10.8. The highest BCUT2D eigenvalue weighted by Crippen LogP contribution is 1.95. The highest BCUT2D eigenvalue weighted by molar-refractivity contribution is 5.77. The van der Waals surface area contributed by atoms with Crippen LogP contribution in [0.3, 0.4) is 0 Å². The van der Waals surface area contributed by atoms with Crippen LogP contribution in [-0.2, 0) is 19.1 Å². The van der Waals surface area contributed by atoms with E-state index in [0.29, 0.717) is 32.5 Å². The van der Waals surface area contributed by atoms with E-state index < -0.39 is 12.0 Å². The smallest absolute Gasteiger partial charge is 0.328 e. The Kier molecular flexibility index (Phi) is 8.70. The summed E-state index contributed by atoms with van der Waals surface area (Å²) >= 11 is 0. The van der Waals surface area contributed by atoms with Gasteiger partial charge in [-0.25, -0.2) is 4.79 Å². The molecule has 15 heavy (non-hydrogen) atoms. The monoisotopic (exact) mass is 219 g/mol. The molecular formula is C9H17NO5.